The van der Waals surface area contributed by atoms with Crippen LogP contribution in [-0.2, 0) is 10.0 Å². The van der Waals surface area contributed by atoms with E-state index in [1.54, 1.807) is 11.4 Å². The van der Waals surface area contributed by atoms with Crippen molar-refractivity contribution in [3.8, 4) is 11.1 Å². The molecule has 2 N–H and O–H groups in total. The molecule has 0 saturated carbocycles. The van der Waals surface area contributed by atoms with Crippen molar-refractivity contribution in [3.63, 3.8) is 0 Å². The number of sulfonamides is 1. The number of benzene rings is 2. The zero-order chi connectivity index (χ0) is 13.5. The summed E-state index contributed by atoms with van der Waals surface area (Å²) in [4.78, 5) is 0. The lowest BCUT2D eigenvalue weighted by Crippen LogP contribution is -2.11. The normalized spacial score (nSPS) is 11.8. The summed E-state index contributed by atoms with van der Waals surface area (Å²) >= 11 is 1.14. The summed E-state index contributed by atoms with van der Waals surface area (Å²) in [5, 5.41) is 9.17. The van der Waals surface area contributed by atoms with E-state index in [4.69, 9.17) is 5.14 Å². The Labute approximate surface area is 115 Å². The van der Waals surface area contributed by atoms with Gasteiger partial charge in [-0.25, -0.2) is 13.6 Å². The van der Waals surface area contributed by atoms with Crippen LogP contribution in [0.4, 0.5) is 0 Å². The van der Waals surface area contributed by atoms with Crippen LogP contribution in [0, 0.1) is 0 Å². The average molecular weight is 289 g/mol. The lowest BCUT2D eigenvalue weighted by molar-refractivity contribution is 0.600. The van der Waals surface area contributed by atoms with E-state index in [1.807, 2.05) is 42.5 Å². The monoisotopic (exact) mass is 289 g/mol. The molecule has 96 valence electrons. The highest BCUT2D eigenvalue weighted by atomic mass is 32.2. The third-order valence-electron chi connectivity index (χ3n) is 2.95. The summed E-state index contributed by atoms with van der Waals surface area (Å²) < 4.78 is 23.3. The van der Waals surface area contributed by atoms with Gasteiger partial charge < -0.3 is 0 Å². The summed E-state index contributed by atoms with van der Waals surface area (Å²) in [5.74, 6) is 0. The molecule has 0 aliphatic rings. The van der Waals surface area contributed by atoms with Crippen LogP contribution in [0.1, 0.15) is 0 Å². The number of fused-ring (bicyclic) bond motifs is 1. The van der Waals surface area contributed by atoms with Crippen LogP contribution >= 0.6 is 11.3 Å². The SMILES string of the molecule is NS(=O)(=O)c1sccc1-c1ccc2ccccc2c1. The smallest absolute Gasteiger partial charge is 0.224 e. The number of nitrogens with two attached hydrogens (primary N) is 1. The van der Waals surface area contributed by atoms with Gasteiger partial charge in [0.15, 0.2) is 0 Å². The molecule has 0 atom stereocenters. The molecule has 3 rings (SSSR count). The molecule has 0 aliphatic heterocycles. The zero-order valence-corrected chi connectivity index (χ0v) is 11.5. The molecule has 0 saturated heterocycles. The minimum absolute atomic E-state index is 0.211. The van der Waals surface area contributed by atoms with Crippen LogP contribution in [0.15, 0.2) is 58.1 Å². The Balaban J connectivity index is 2.23. The van der Waals surface area contributed by atoms with Crippen molar-refractivity contribution in [1.29, 1.82) is 0 Å². The van der Waals surface area contributed by atoms with E-state index in [2.05, 4.69) is 0 Å². The zero-order valence-electron chi connectivity index (χ0n) is 9.91. The molecular formula is C14H11NO2S2. The molecule has 3 aromatic rings. The van der Waals surface area contributed by atoms with Gasteiger partial charge in [0.25, 0.3) is 0 Å². The van der Waals surface area contributed by atoms with Gasteiger partial charge in [-0.2, -0.15) is 0 Å². The van der Waals surface area contributed by atoms with Crippen molar-refractivity contribution >= 4 is 32.1 Å². The van der Waals surface area contributed by atoms with Crippen LogP contribution in [0.25, 0.3) is 21.9 Å². The summed E-state index contributed by atoms with van der Waals surface area (Å²) in [5.41, 5.74) is 1.53. The first-order chi connectivity index (χ1) is 9.05. The Bertz CT molecular complexity index is 851. The van der Waals surface area contributed by atoms with Crippen LogP contribution < -0.4 is 5.14 Å². The van der Waals surface area contributed by atoms with Gasteiger partial charge in [0.05, 0.1) is 0 Å². The third-order valence-corrected chi connectivity index (χ3v) is 5.38. The Hall–Kier alpha value is -1.69. The molecule has 2 aromatic carbocycles. The molecular weight excluding hydrogens is 278 g/mol. The Morgan fingerprint density at radius 3 is 2.42 bits per heavy atom. The van der Waals surface area contributed by atoms with Gasteiger partial charge in [-0.05, 0) is 33.8 Å². The third kappa shape index (κ3) is 2.28. The van der Waals surface area contributed by atoms with Gasteiger partial charge in [0.2, 0.25) is 10.0 Å². The second-order valence-electron chi connectivity index (χ2n) is 4.23. The molecule has 0 radical (unpaired) electrons. The van der Waals surface area contributed by atoms with E-state index in [-0.39, 0.29) is 4.21 Å². The predicted molar refractivity (Wildman–Crippen MR) is 78.6 cm³/mol. The van der Waals surface area contributed by atoms with Gasteiger partial charge in [-0.3, -0.25) is 0 Å². The van der Waals surface area contributed by atoms with Crippen molar-refractivity contribution in [1.82, 2.24) is 0 Å². The molecule has 5 heteroatoms. The molecule has 3 nitrogen and oxygen atoms in total. The van der Waals surface area contributed by atoms with Gasteiger partial charge in [-0.1, -0.05) is 36.4 Å². The van der Waals surface area contributed by atoms with E-state index < -0.39 is 10.0 Å². The molecule has 0 unspecified atom stereocenters. The first-order valence-corrected chi connectivity index (χ1v) is 8.08. The van der Waals surface area contributed by atoms with E-state index in [0.717, 1.165) is 27.7 Å². The lowest BCUT2D eigenvalue weighted by atomic mass is 10.0. The molecule has 0 aliphatic carbocycles. The quantitative estimate of drug-likeness (QED) is 0.787. The minimum atomic E-state index is -3.67. The Morgan fingerprint density at radius 1 is 0.947 bits per heavy atom. The maximum absolute atomic E-state index is 11.5. The van der Waals surface area contributed by atoms with E-state index >= 15 is 0 Å². The highest BCUT2D eigenvalue weighted by molar-refractivity contribution is 7.91. The first-order valence-electron chi connectivity index (χ1n) is 5.65. The standard InChI is InChI=1S/C14H11NO2S2/c15-19(16,17)14-13(7-8-18-14)12-6-5-10-3-1-2-4-11(10)9-12/h1-9H,(H2,15,16,17). The van der Waals surface area contributed by atoms with Gasteiger partial charge in [0, 0.05) is 5.56 Å². The number of rotatable bonds is 2. The molecule has 0 fully saturated rings. The van der Waals surface area contributed by atoms with Crippen LogP contribution in [0.5, 0.6) is 0 Å². The summed E-state index contributed by atoms with van der Waals surface area (Å²) in [7, 11) is -3.67. The van der Waals surface area contributed by atoms with Gasteiger partial charge in [0.1, 0.15) is 4.21 Å². The predicted octanol–water partition coefficient (Wildman–Crippen LogP) is 3.22. The maximum atomic E-state index is 11.5. The summed E-state index contributed by atoms with van der Waals surface area (Å²) in [6.45, 7) is 0. The fourth-order valence-corrected chi connectivity index (χ4v) is 3.92. The number of hydrogen-bond acceptors (Lipinski definition) is 3. The first kappa shape index (κ1) is 12.3. The van der Waals surface area contributed by atoms with Crippen molar-refractivity contribution in [2.24, 2.45) is 5.14 Å². The van der Waals surface area contributed by atoms with Crippen LogP contribution in [0.2, 0.25) is 0 Å². The molecule has 0 spiro atoms. The largest absolute Gasteiger partial charge is 0.248 e. The van der Waals surface area contributed by atoms with Gasteiger partial charge >= 0.3 is 0 Å². The van der Waals surface area contributed by atoms with Crippen molar-refractivity contribution < 1.29 is 8.42 Å². The summed E-state index contributed by atoms with van der Waals surface area (Å²) in [6.07, 6.45) is 0. The molecule has 1 heterocycles. The van der Waals surface area contributed by atoms with Crippen molar-refractivity contribution in [3.05, 3.63) is 53.9 Å². The number of primary sulfonamides is 1. The maximum Gasteiger partial charge on any atom is 0.248 e. The fraction of sp³-hybridized carbons (Fsp3) is 0. The summed E-state index contributed by atoms with van der Waals surface area (Å²) in [6, 6.07) is 15.6. The second-order valence-corrected chi connectivity index (χ2v) is 6.90. The van der Waals surface area contributed by atoms with Gasteiger partial charge in [-0.15, -0.1) is 11.3 Å². The fourth-order valence-electron chi connectivity index (χ4n) is 2.09. The Kier molecular flexibility index (Phi) is 2.89. The van der Waals surface area contributed by atoms with E-state index in [9.17, 15) is 8.42 Å². The highest BCUT2D eigenvalue weighted by Gasteiger charge is 2.16. The molecule has 0 amide bonds. The molecule has 19 heavy (non-hydrogen) atoms. The average Bonchev–Trinajstić information content (AvgIpc) is 2.87. The minimum Gasteiger partial charge on any atom is -0.224 e. The number of hydrogen-bond donors (Lipinski definition) is 1. The van der Waals surface area contributed by atoms with Crippen molar-refractivity contribution in [2.45, 2.75) is 4.21 Å². The topological polar surface area (TPSA) is 60.2 Å². The van der Waals surface area contributed by atoms with E-state index in [1.165, 1.54) is 0 Å². The lowest BCUT2D eigenvalue weighted by Gasteiger charge is -2.04. The molecule has 1 aromatic heterocycles. The number of thiophene rings is 1. The Morgan fingerprint density at radius 2 is 1.68 bits per heavy atom. The second kappa shape index (κ2) is 4.45. The molecule has 0 bridgehead atoms. The van der Waals surface area contributed by atoms with E-state index in [0.29, 0.717) is 5.56 Å². The highest BCUT2D eigenvalue weighted by Crippen LogP contribution is 2.32. The van der Waals surface area contributed by atoms with Crippen LogP contribution in [0.3, 0.4) is 0 Å². The van der Waals surface area contributed by atoms with Crippen molar-refractivity contribution in [2.75, 3.05) is 0 Å². The van der Waals surface area contributed by atoms with Crippen LogP contribution in [-0.4, -0.2) is 8.42 Å².